The zero-order valence-electron chi connectivity index (χ0n) is 18.8. The Bertz CT molecular complexity index is 1000. The van der Waals surface area contributed by atoms with E-state index < -0.39 is 11.5 Å². The van der Waals surface area contributed by atoms with E-state index in [1.54, 1.807) is 39.5 Å². The Hall–Kier alpha value is -3.06. The first-order valence-corrected chi connectivity index (χ1v) is 11.0. The van der Waals surface area contributed by atoms with Crippen molar-refractivity contribution >= 4 is 17.5 Å². The molecule has 0 bridgehead atoms. The normalized spacial score (nSPS) is 19.0. The lowest BCUT2D eigenvalue weighted by Crippen LogP contribution is -2.60. The van der Waals surface area contributed by atoms with Crippen molar-refractivity contribution in [2.75, 3.05) is 39.8 Å². The fourth-order valence-electron chi connectivity index (χ4n) is 5.28. The highest BCUT2D eigenvalue weighted by Gasteiger charge is 2.55. The number of carbonyl (C=O) groups excluding carboxylic acids is 2. The number of hydrogen-bond donors (Lipinski definition) is 1. The molecule has 0 radical (unpaired) electrons. The van der Waals surface area contributed by atoms with E-state index in [0.29, 0.717) is 35.9 Å². The fourth-order valence-corrected chi connectivity index (χ4v) is 5.28. The summed E-state index contributed by atoms with van der Waals surface area (Å²) in [5, 5.41) is 3.08. The molecular weight excluding hydrogens is 408 g/mol. The van der Waals surface area contributed by atoms with E-state index in [4.69, 9.17) is 14.2 Å². The van der Waals surface area contributed by atoms with Gasteiger partial charge in [0.25, 0.3) is 5.91 Å². The molecule has 1 fully saturated rings. The van der Waals surface area contributed by atoms with Crippen LogP contribution in [0.2, 0.25) is 0 Å². The number of benzene rings is 2. The Balaban J connectivity index is 1.77. The molecule has 1 aliphatic carbocycles. The molecule has 1 saturated carbocycles. The number of carbonyl (C=O) groups is 2. The molecule has 7 nitrogen and oxygen atoms in total. The molecule has 1 N–H and O–H groups in total. The summed E-state index contributed by atoms with van der Waals surface area (Å²) in [7, 11) is 4.77. The number of anilines is 1. The average Bonchev–Trinajstić information content (AvgIpc) is 3.29. The van der Waals surface area contributed by atoms with Gasteiger partial charge >= 0.3 is 0 Å². The third kappa shape index (κ3) is 3.71. The molecule has 0 saturated heterocycles. The summed E-state index contributed by atoms with van der Waals surface area (Å²) in [4.78, 5) is 29.2. The summed E-state index contributed by atoms with van der Waals surface area (Å²) in [6.45, 7) is 0.885. The summed E-state index contributed by atoms with van der Waals surface area (Å²) in [6.07, 6.45) is 3.53. The van der Waals surface area contributed by atoms with Gasteiger partial charge in [-0.05, 0) is 36.6 Å². The van der Waals surface area contributed by atoms with Crippen LogP contribution in [0.3, 0.4) is 0 Å². The van der Waals surface area contributed by atoms with Crippen molar-refractivity contribution in [1.29, 1.82) is 0 Å². The predicted octanol–water partition coefficient (Wildman–Crippen LogP) is 3.84. The van der Waals surface area contributed by atoms with Crippen molar-refractivity contribution in [3.63, 3.8) is 0 Å². The van der Waals surface area contributed by atoms with Crippen LogP contribution in [-0.4, -0.2) is 56.7 Å². The van der Waals surface area contributed by atoms with E-state index in [-0.39, 0.29) is 11.8 Å². The standard InChI is InChI=1S/C25H30N2O5/c1-30-15-14-27-24(29)19-9-5-4-8-18(19)22(25(27)12-6-7-13-25)23(28)26-20-11-10-17(31-2)16-21(20)32-3/h4-5,8-11,16,22H,6-7,12-15H2,1-3H3,(H,26,28)/t22-/m1/s1. The number of fused-ring (bicyclic) bond motifs is 1. The van der Waals surface area contributed by atoms with E-state index in [0.717, 1.165) is 31.2 Å². The van der Waals surface area contributed by atoms with Crippen LogP contribution in [0.4, 0.5) is 5.69 Å². The van der Waals surface area contributed by atoms with Gasteiger partial charge in [0.15, 0.2) is 0 Å². The maximum Gasteiger partial charge on any atom is 0.254 e. The van der Waals surface area contributed by atoms with Crippen molar-refractivity contribution in [3.8, 4) is 11.5 Å². The van der Waals surface area contributed by atoms with Gasteiger partial charge < -0.3 is 24.4 Å². The van der Waals surface area contributed by atoms with Crippen molar-refractivity contribution in [3.05, 3.63) is 53.6 Å². The second-order valence-corrected chi connectivity index (χ2v) is 8.34. The second-order valence-electron chi connectivity index (χ2n) is 8.34. The third-order valence-corrected chi connectivity index (χ3v) is 6.74. The zero-order valence-corrected chi connectivity index (χ0v) is 18.8. The lowest BCUT2D eigenvalue weighted by molar-refractivity contribution is -0.121. The molecular formula is C25H30N2O5. The van der Waals surface area contributed by atoms with E-state index in [2.05, 4.69) is 5.32 Å². The van der Waals surface area contributed by atoms with Gasteiger partial charge in [-0.1, -0.05) is 31.0 Å². The van der Waals surface area contributed by atoms with Crippen molar-refractivity contribution in [2.45, 2.75) is 37.1 Å². The first-order chi connectivity index (χ1) is 15.6. The molecule has 2 aromatic rings. The van der Waals surface area contributed by atoms with Crippen LogP contribution in [0.25, 0.3) is 0 Å². The maximum atomic E-state index is 13.9. The number of hydrogen-bond acceptors (Lipinski definition) is 5. The van der Waals surface area contributed by atoms with Crippen molar-refractivity contribution in [1.82, 2.24) is 4.90 Å². The Kier molecular flexibility index (Phi) is 6.37. The molecule has 0 unspecified atom stereocenters. The van der Waals surface area contributed by atoms with Crippen LogP contribution >= 0.6 is 0 Å². The van der Waals surface area contributed by atoms with Gasteiger partial charge in [-0.25, -0.2) is 0 Å². The van der Waals surface area contributed by atoms with Gasteiger partial charge in [0, 0.05) is 25.3 Å². The maximum absolute atomic E-state index is 13.9. The molecule has 4 rings (SSSR count). The molecule has 1 spiro atoms. The van der Waals surface area contributed by atoms with Gasteiger partial charge in [-0.2, -0.15) is 0 Å². The molecule has 32 heavy (non-hydrogen) atoms. The molecule has 1 heterocycles. The van der Waals surface area contributed by atoms with E-state index >= 15 is 0 Å². The Morgan fingerprint density at radius 1 is 1.09 bits per heavy atom. The third-order valence-electron chi connectivity index (χ3n) is 6.74. The molecule has 1 aliphatic heterocycles. The van der Waals surface area contributed by atoms with Crippen LogP contribution in [0.15, 0.2) is 42.5 Å². The van der Waals surface area contributed by atoms with Crippen LogP contribution in [0, 0.1) is 0 Å². The van der Waals surface area contributed by atoms with Crippen molar-refractivity contribution < 1.29 is 23.8 Å². The number of nitrogens with zero attached hydrogens (tertiary/aromatic N) is 1. The topological polar surface area (TPSA) is 77.1 Å². The molecule has 2 aliphatic rings. The quantitative estimate of drug-likeness (QED) is 0.711. The molecule has 170 valence electrons. The summed E-state index contributed by atoms with van der Waals surface area (Å²) in [5.74, 6) is 0.520. The van der Waals surface area contributed by atoms with Gasteiger partial charge in [0.2, 0.25) is 5.91 Å². The van der Waals surface area contributed by atoms with E-state index in [1.165, 1.54) is 0 Å². The van der Waals surface area contributed by atoms with Crippen LogP contribution < -0.4 is 14.8 Å². The lowest BCUT2D eigenvalue weighted by Gasteiger charge is -2.50. The lowest BCUT2D eigenvalue weighted by atomic mass is 9.71. The van der Waals surface area contributed by atoms with E-state index in [1.807, 2.05) is 29.2 Å². The average molecular weight is 439 g/mol. The zero-order chi connectivity index (χ0) is 22.7. The Labute approximate surface area is 188 Å². The molecule has 0 aromatic heterocycles. The summed E-state index contributed by atoms with van der Waals surface area (Å²) >= 11 is 0. The Morgan fingerprint density at radius 2 is 1.84 bits per heavy atom. The number of rotatable bonds is 7. The number of ether oxygens (including phenoxy) is 3. The van der Waals surface area contributed by atoms with Crippen LogP contribution in [-0.2, 0) is 9.53 Å². The number of methoxy groups -OCH3 is 3. The Morgan fingerprint density at radius 3 is 2.53 bits per heavy atom. The predicted molar refractivity (Wildman–Crippen MR) is 121 cm³/mol. The first kappa shape index (κ1) is 22.1. The molecule has 1 atom stereocenters. The number of nitrogens with one attached hydrogen (secondary N) is 1. The molecule has 2 amide bonds. The SMILES string of the molecule is COCCN1C(=O)c2ccccc2[C@H](C(=O)Nc2ccc(OC)cc2OC)C12CCCC2. The van der Waals surface area contributed by atoms with Crippen LogP contribution in [0.1, 0.15) is 47.5 Å². The monoisotopic (exact) mass is 438 g/mol. The van der Waals surface area contributed by atoms with E-state index in [9.17, 15) is 9.59 Å². The van der Waals surface area contributed by atoms with Gasteiger partial charge in [0.05, 0.1) is 38.0 Å². The highest BCUT2D eigenvalue weighted by molar-refractivity contribution is 6.05. The van der Waals surface area contributed by atoms with Gasteiger partial charge in [0.1, 0.15) is 11.5 Å². The summed E-state index contributed by atoms with van der Waals surface area (Å²) in [6, 6.07) is 12.8. The highest BCUT2D eigenvalue weighted by Crippen LogP contribution is 2.50. The largest absolute Gasteiger partial charge is 0.497 e. The summed E-state index contributed by atoms with van der Waals surface area (Å²) < 4.78 is 16.1. The number of amides is 2. The summed E-state index contributed by atoms with van der Waals surface area (Å²) in [5.41, 5.74) is 1.39. The highest BCUT2D eigenvalue weighted by atomic mass is 16.5. The molecule has 2 aromatic carbocycles. The fraction of sp³-hybridized carbons (Fsp3) is 0.440. The minimum absolute atomic E-state index is 0.0226. The second kappa shape index (κ2) is 9.20. The minimum Gasteiger partial charge on any atom is -0.497 e. The van der Waals surface area contributed by atoms with Gasteiger partial charge in [-0.3, -0.25) is 9.59 Å². The van der Waals surface area contributed by atoms with Gasteiger partial charge in [-0.15, -0.1) is 0 Å². The first-order valence-electron chi connectivity index (χ1n) is 11.0. The molecule has 7 heteroatoms. The van der Waals surface area contributed by atoms with Crippen LogP contribution in [0.5, 0.6) is 11.5 Å². The minimum atomic E-state index is -0.562. The van der Waals surface area contributed by atoms with Crippen molar-refractivity contribution in [2.24, 2.45) is 0 Å². The smallest absolute Gasteiger partial charge is 0.254 e.